The van der Waals surface area contributed by atoms with E-state index in [0.717, 1.165) is 6.42 Å². The van der Waals surface area contributed by atoms with Gasteiger partial charge < -0.3 is 0 Å². The van der Waals surface area contributed by atoms with E-state index >= 15 is 0 Å². The molecule has 3 heteroatoms. The van der Waals surface area contributed by atoms with Crippen LogP contribution in [0.15, 0.2) is 0 Å². The zero-order valence-electron chi connectivity index (χ0n) is 9.78. The first-order valence-electron chi connectivity index (χ1n) is 5.84. The maximum Gasteiger partial charge on any atom is 0.248 e. The van der Waals surface area contributed by atoms with Crippen molar-refractivity contribution in [1.82, 2.24) is 0 Å². The molecule has 0 aromatic carbocycles. The number of rotatable bonds is 1. The Morgan fingerprint density at radius 1 is 1.13 bits per heavy atom. The maximum absolute atomic E-state index is 12.8. The highest BCUT2D eigenvalue weighted by Crippen LogP contribution is 2.63. The minimum atomic E-state index is -2.46. The summed E-state index contributed by atoms with van der Waals surface area (Å²) in [6.45, 7) is 5.58. The highest BCUT2D eigenvalue weighted by molar-refractivity contribution is 5.82. The minimum absolute atomic E-state index is 0.00644. The number of carbonyl (C=O) groups excluding carboxylic acids is 1. The summed E-state index contributed by atoms with van der Waals surface area (Å²) in [4.78, 5) is 11.1. The smallest absolute Gasteiger partial charge is 0.248 e. The zero-order chi connectivity index (χ0) is 11.7. The van der Waals surface area contributed by atoms with Crippen molar-refractivity contribution in [2.75, 3.05) is 0 Å². The van der Waals surface area contributed by atoms with Gasteiger partial charge in [-0.1, -0.05) is 13.8 Å². The molecule has 0 aromatic heterocycles. The van der Waals surface area contributed by atoms with Crippen molar-refractivity contribution in [3.8, 4) is 0 Å². The molecule has 0 aliphatic heterocycles. The van der Waals surface area contributed by atoms with Crippen LogP contribution in [0, 0.1) is 11.3 Å². The highest BCUT2D eigenvalue weighted by Gasteiger charge is 2.59. The van der Waals surface area contributed by atoms with Crippen LogP contribution in [0.1, 0.15) is 52.9 Å². The van der Waals surface area contributed by atoms with Crippen LogP contribution in [-0.2, 0) is 4.79 Å². The van der Waals surface area contributed by atoms with Crippen molar-refractivity contribution < 1.29 is 13.6 Å². The van der Waals surface area contributed by atoms with E-state index in [1.807, 2.05) is 13.8 Å². The Morgan fingerprint density at radius 2 is 1.60 bits per heavy atom. The Kier molecular flexibility index (Phi) is 3.51. The molecular weight excluding hydrogens is 198 g/mol. The first-order valence-corrected chi connectivity index (χ1v) is 5.84. The highest BCUT2D eigenvalue weighted by atomic mass is 19.3. The van der Waals surface area contributed by atoms with E-state index in [9.17, 15) is 13.6 Å². The molecule has 1 nitrogen and oxygen atoms in total. The molecule has 0 heterocycles. The Hall–Kier alpha value is -0.470. The van der Waals surface area contributed by atoms with Crippen molar-refractivity contribution in [2.24, 2.45) is 11.3 Å². The van der Waals surface area contributed by atoms with E-state index in [4.69, 9.17) is 0 Å². The van der Waals surface area contributed by atoms with Crippen LogP contribution in [0.25, 0.3) is 0 Å². The van der Waals surface area contributed by atoms with Gasteiger partial charge in [0.15, 0.2) is 0 Å². The quantitative estimate of drug-likeness (QED) is 0.654. The third-order valence-corrected chi connectivity index (χ3v) is 3.66. The average molecular weight is 218 g/mol. The lowest BCUT2D eigenvalue weighted by Gasteiger charge is -2.28. The molecule has 0 saturated heterocycles. The maximum atomic E-state index is 12.8. The second-order valence-electron chi connectivity index (χ2n) is 4.59. The van der Waals surface area contributed by atoms with Crippen molar-refractivity contribution in [1.29, 1.82) is 0 Å². The van der Waals surface area contributed by atoms with Crippen LogP contribution in [0.3, 0.4) is 0 Å². The van der Waals surface area contributed by atoms with Crippen molar-refractivity contribution in [3.05, 3.63) is 0 Å². The van der Waals surface area contributed by atoms with Crippen LogP contribution >= 0.6 is 0 Å². The number of Topliss-reactive ketones (excluding diaryl/α,β-unsaturated/α-hetero) is 1. The predicted molar refractivity (Wildman–Crippen MR) is 56.0 cm³/mol. The first-order chi connectivity index (χ1) is 6.95. The van der Waals surface area contributed by atoms with Gasteiger partial charge in [0.1, 0.15) is 5.78 Å². The molecule has 1 atom stereocenters. The number of ketones is 1. The third kappa shape index (κ3) is 2.56. The monoisotopic (exact) mass is 218 g/mol. The lowest BCUT2D eigenvalue weighted by Crippen LogP contribution is -2.27. The zero-order valence-corrected chi connectivity index (χ0v) is 9.78. The summed E-state index contributed by atoms with van der Waals surface area (Å²) in [5.74, 6) is -2.18. The number of hydrogen-bond acceptors (Lipinski definition) is 1. The molecule has 1 unspecified atom stereocenters. The van der Waals surface area contributed by atoms with Gasteiger partial charge in [0.05, 0.1) is 0 Å². The second-order valence-corrected chi connectivity index (χ2v) is 4.59. The predicted octanol–water partition coefficient (Wildman–Crippen LogP) is 3.82. The van der Waals surface area contributed by atoms with Gasteiger partial charge in [0, 0.05) is 18.8 Å². The number of hydrogen-bond donors (Lipinski definition) is 0. The van der Waals surface area contributed by atoms with Crippen LogP contribution in [0.2, 0.25) is 0 Å². The van der Waals surface area contributed by atoms with Crippen molar-refractivity contribution >= 4 is 5.78 Å². The lowest BCUT2D eigenvalue weighted by atomic mass is 9.82. The largest absolute Gasteiger partial charge is 0.300 e. The molecule has 0 amide bonds. The van der Waals surface area contributed by atoms with E-state index in [1.54, 1.807) is 6.92 Å². The fourth-order valence-corrected chi connectivity index (χ4v) is 2.59. The number of carbonyl (C=O) groups is 1. The topological polar surface area (TPSA) is 17.1 Å². The fourth-order valence-electron chi connectivity index (χ4n) is 2.59. The summed E-state index contributed by atoms with van der Waals surface area (Å²) in [5, 5.41) is 0. The second kappa shape index (κ2) is 4.18. The molecule has 0 radical (unpaired) electrons. The molecule has 15 heavy (non-hydrogen) atoms. The average Bonchev–Trinajstić information content (AvgIpc) is 2.90. The molecule has 2 fully saturated rings. The minimum Gasteiger partial charge on any atom is -0.300 e. The molecule has 0 bridgehead atoms. The van der Waals surface area contributed by atoms with Gasteiger partial charge in [-0.3, -0.25) is 4.79 Å². The molecule has 1 spiro atoms. The molecule has 2 aliphatic carbocycles. The van der Waals surface area contributed by atoms with E-state index in [2.05, 4.69) is 0 Å². The molecule has 88 valence electrons. The summed E-state index contributed by atoms with van der Waals surface area (Å²) < 4.78 is 25.6. The summed E-state index contributed by atoms with van der Waals surface area (Å²) in [6.07, 6.45) is 1.92. The molecule has 0 aromatic rings. The number of halogens is 2. The standard InChI is InChI=1S/C10H14F2O.C2H6/c1-7(13)8-6-9(8)2-4-10(11,12)5-3-9;1-2/h8H,2-6H2,1H3;1-2H3. The van der Waals surface area contributed by atoms with E-state index < -0.39 is 5.92 Å². The Labute approximate surface area is 90.2 Å². The normalized spacial score (nSPS) is 30.3. The first kappa shape index (κ1) is 12.6. The van der Waals surface area contributed by atoms with Crippen LogP contribution in [0.4, 0.5) is 8.78 Å². The molecular formula is C12H20F2O. The summed E-state index contributed by atoms with van der Waals surface area (Å²) in [6, 6.07) is 0. The van der Waals surface area contributed by atoms with Gasteiger partial charge in [-0.2, -0.15) is 0 Å². The fraction of sp³-hybridized carbons (Fsp3) is 0.917. The van der Waals surface area contributed by atoms with Gasteiger partial charge in [-0.25, -0.2) is 8.78 Å². The molecule has 0 N–H and O–H groups in total. The summed E-state index contributed by atoms with van der Waals surface area (Å²) in [5.41, 5.74) is -0.00644. The Balaban J connectivity index is 0.000000531. The summed E-state index contributed by atoms with van der Waals surface area (Å²) >= 11 is 0. The van der Waals surface area contributed by atoms with Crippen molar-refractivity contribution in [2.45, 2.75) is 58.8 Å². The lowest BCUT2D eigenvalue weighted by molar-refractivity contribution is -0.120. The summed E-state index contributed by atoms with van der Waals surface area (Å²) in [7, 11) is 0. The Bertz CT molecular complexity index is 238. The van der Waals surface area contributed by atoms with Crippen molar-refractivity contribution in [3.63, 3.8) is 0 Å². The van der Waals surface area contributed by atoms with Gasteiger partial charge in [0.2, 0.25) is 5.92 Å². The van der Waals surface area contributed by atoms with Gasteiger partial charge >= 0.3 is 0 Å². The van der Waals surface area contributed by atoms with Gasteiger partial charge in [-0.15, -0.1) is 0 Å². The molecule has 2 saturated carbocycles. The van der Waals surface area contributed by atoms with Gasteiger partial charge in [0.25, 0.3) is 0 Å². The third-order valence-electron chi connectivity index (χ3n) is 3.66. The van der Waals surface area contributed by atoms with Crippen LogP contribution in [0.5, 0.6) is 0 Å². The molecule has 2 aliphatic rings. The van der Waals surface area contributed by atoms with E-state index in [-0.39, 0.29) is 30.0 Å². The molecule has 2 rings (SSSR count). The SMILES string of the molecule is CC.CC(=O)C1CC12CCC(F)(F)CC2. The van der Waals surface area contributed by atoms with E-state index in [1.165, 1.54) is 0 Å². The number of alkyl halides is 2. The Morgan fingerprint density at radius 3 is 1.93 bits per heavy atom. The van der Waals surface area contributed by atoms with E-state index in [0.29, 0.717) is 12.8 Å². The van der Waals surface area contributed by atoms with Crippen LogP contribution < -0.4 is 0 Å². The van der Waals surface area contributed by atoms with Crippen LogP contribution in [-0.4, -0.2) is 11.7 Å². The van der Waals surface area contributed by atoms with Gasteiger partial charge in [-0.05, 0) is 31.6 Å².